The zero-order chi connectivity index (χ0) is 6.41. The van der Waals surface area contributed by atoms with Crippen LogP contribution in [0.1, 0.15) is 6.42 Å². The SMILES string of the molecule is Cl.NC(N)=NCCCCl. The minimum Gasteiger partial charge on any atom is -0.370 e. The van der Waals surface area contributed by atoms with Gasteiger partial charge in [0, 0.05) is 12.4 Å². The van der Waals surface area contributed by atoms with Crippen LogP contribution in [-0.2, 0) is 0 Å². The van der Waals surface area contributed by atoms with E-state index in [2.05, 4.69) is 4.99 Å². The Kier molecular flexibility index (Phi) is 10.1. The molecule has 0 amide bonds. The van der Waals surface area contributed by atoms with E-state index in [1.807, 2.05) is 0 Å². The quantitative estimate of drug-likeness (QED) is 0.278. The van der Waals surface area contributed by atoms with Crippen LogP contribution in [0.2, 0.25) is 0 Å². The van der Waals surface area contributed by atoms with Crippen LogP contribution in [0, 0.1) is 0 Å². The lowest BCUT2D eigenvalue weighted by Crippen LogP contribution is -2.22. The Hall–Kier alpha value is -0.150. The van der Waals surface area contributed by atoms with Gasteiger partial charge in [0.05, 0.1) is 0 Å². The summed E-state index contributed by atoms with van der Waals surface area (Å²) in [7, 11) is 0. The predicted octanol–water partition coefficient (Wildman–Crippen LogP) is 0.311. The van der Waals surface area contributed by atoms with Crippen molar-refractivity contribution < 1.29 is 0 Å². The van der Waals surface area contributed by atoms with Gasteiger partial charge in [-0.25, -0.2) is 0 Å². The van der Waals surface area contributed by atoms with E-state index in [1.165, 1.54) is 0 Å². The van der Waals surface area contributed by atoms with Crippen molar-refractivity contribution in [2.24, 2.45) is 16.5 Å². The second-order valence-electron chi connectivity index (χ2n) is 1.35. The molecule has 0 saturated heterocycles. The molecule has 0 rings (SSSR count). The Morgan fingerprint density at radius 1 is 1.44 bits per heavy atom. The number of halogens is 2. The number of alkyl halides is 1. The summed E-state index contributed by atoms with van der Waals surface area (Å²) in [5.74, 6) is 0.742. The summed E-state index contributed by atoms with van der Waals surface area (Å²) in [6, 6.07) is 0. The number of hydrogen-bond donors (Lipinski definition) is 2. The highest BCUT2D eigenvalue weighted by Gasteiger charge is 1.80. The molecule has 0 aromatic rings. The third-order valence-electron chi connectivity index (χ3n) is 0.586. The summed E-state index contributed by atoms with van der Waals surface area (Å²) < 4.78 is 0. The van der Waals surface area contributed by atoms with E-state index in [0.29, 0.717) is 12.4 Å². The molecule has 0 fully saturated rings. The molecular weight excluding hydrogens is 161 g/mol. The highest BCUT2D eigenvalue weighted by atomic mass is 35.5. The molecule has 0 bridgehead atoms. The second-order valence-corrected chi connectivity index (χ2v) is 1.73. The van der Waals surface area contributed by atoms with Gasteiger partial charge in [-0.3, -0.25) is 4.99 Å². The summed E-state index contributed by atoms with van der Waals surface area (Å²) in [5, 5.41) is 0. The lowest BCUT2D eigenvalue weighted by atomic mass is 10.5. The Labute approximate surface area is 65.9 Å². The first-order valence-electron chi connectivity index (χ1n) is 2.38. The number of nitrogens with zero attached hydrogens (tertiary/aromatic N) is 1. The van der Waals surface area contributed by atoms with Crippen molar-refractivity contribution in [2.45, 2.75) is 6.42 Å². The maximum atomic E-state index is 5.33. The Bertz CT molecular complexity index is 79.9. The van der Waals surface area contributed by atoms with Crippen LogP contribution >= 0.6 is 24.0 Å². The van der Waals surface area contributed by atoms with Gasteiger partial charge in [0.15, 0.2) is 5.96 Å². The standard InChI is InChI=1S/C4H10ClN3.ClH/c5-2-1-3-8-4(6)7;/h1-3H2,(H4,6,7,8);1H. The molecule has 0 saturated carbocycles. The Morgan fingerprint density at radius 2 is 2.00 bits per heavy atom. The van der Waals surface area contributed by atoms with Crippen molar-refractivity contribution in [3.8, 4) is 0 Å². The lowest BCUT2D eigenvalue weighted by Gasteiger charge is -1.88. The van der Waals surface area contributed by atoms with E-state index in [-0.39, 0.29) is 18.4 Å². The van der Waals surface area contributed by atoms with E-state index in [0.717, 1.165) is 6.42 Å². The Morgan fingerprint density at radius 3 is 2.33 bits per heavy atom. The highest BCUT2D eigenvalue weighted by molar-refractivity contribution is 6.17. The van der Waals surface area contributed by atoms with Gasteiger partial charge in [-0.2, -0.15) is 0 Å². The van der Waals surface area contributed by atoms with Gasteiger partial charge in [-0.05, 0) is 6.42 Å². The third-order valence-corrected chi connectivity index (χ3v) is 0.853. The van der Waals surface area contributed by atoms with Crippen LogP contribution in [0.25, 0.3) is 0 Å². The highest BCUT2D eigenvalue weighted by Crippen LogP contribution is 1.83. The van der Waals surface area contributed by atoms with E-state index in [9.17, 15) is 0 Å². The normalized spacial score (nSPS) is 7.67. The molecule has 0 spiro atoms. The minimum absolute atomic E-state index is 0. The zero-order valence-electron chi connectivity index (χ0n) is 5.01. The summed E-state index contributed by atoms with van der Waals surface area (Å²) in [4.78, 5) is 3.70. The van der Waals surface area contributed by atoms with Crippen LogP contribution in [0.3, 0.4) is 0 Å². The van der Waals surface area contributed by atoms with Crippen LogP contribution in [0.15, 0.2) is 4.99 Å². The van der Waals surface area contributed by atoms with Crippen molar-refractivity contribution in [1.82, 2.24) is 0 Å². The van der Waals surface area contributed by atoms with Gasteiger partial charge >= 0.3 is 0 Å². The van der Waals surface area contributed by atoms with E-state index in [1.54, 1.807) is 0 Å². The average Bonchev–Trinajstić information content (AvgIpc) is 1.66. The van der Waals surface area contributed by atoms with Crippen molar-refractivity contribution in [2.75, 3.05) is 12.4 Å². The predicted molar refractivity (Wildman–Crippen MR) is 43.3 cm³/mol. The van der Waals surface area contributed by atoms with Gasteiger partial charge in [-0.1, -0.05) is 0 Å². The van der Waals surface area contributed by atoms with Gasteiger partial charge in [0.25, 0.3) is 0 Å². The van der Waals surface area contributed by atoms with Crippen molar-refractivity contribution >= 4 is 30.0 Å². The molecule has 0 aliphatic carbocycles. The number of guanidine groups is 1. The molecule has 0 aromatic carbocycles. The summed E-state index contributed by atoms with van der Waals surface area (Å²) in [5.41, 5.74) is 10.0. The molecule has 9 heavy (non-hydrogen) atoms. The van der Waals surface area contributed by atoms with Gasteiger partial charge < -0.3 is 11.5 Å². The molecule has 0 aliphatic rings. The van der Waals surface area contributed by atoms with Gasteiger partial charge in [0.1, 0.15) is 0 Å². The van der Waals surface area contributed by atoms with Gasteiger partial charge in [0.2, 0.25) is 0 Å². The van der Waals surface area contributed by atoms with Crippen LogP contribution in [0.4, 0.5) is 0 Å². The molecular formula is C4H11Cl2N3. The molecule has 4 N–H and O–H groups in total. The number of nitrogens with two attached hydrogens (primary N) is 2. The minimum atomic E-state index is 0. The molecule has 0 aromatic heterocycles. The molecule has 56 valence electrons. The van der Waals surface area contributed by atoms with E-state index >= 15 is 0 Å². The van der Waals surface area contributed by atoms with Crippen molar-refractivity contribution in [1.29, 1.82) is 0 Å². The lowest BCUT2D eigenvalue weighted by molar-refractivity contribution is 0.934. The van der Waals surface area contributed by atoms with Crippen LogP contribution in [-0.4, -0.2) is 18.4 Å². The first-order chi connectivity index (χ1) is 3.77. The second kappa shape index (κ2) is 7.85. The smallest absolute Gasteiger partial charge is 0.185 e. The maximum absolute atomic E-state index is 5.33. The largest absolute Gasteiger partial charge is 0.370 e. The van der Waals surface area contributed by atoms with Crippen LogP contribution in [0.5, 0.6) is 0 Å². The third kappa shape index (κ3) is 11.4. The molecule has 0 radical (unpaired) electrons. The van der Waals surface area contributed by atoms with Gasteiger partial charge in [-0.15, -0.1) is 24.0 Å². The number of aliphatic imine (C=N–C) groups is 1. The first kappa shape index (κ1) is 11.6. The molecule has 3 nitrogen and oxygen atoms in total. The number of hydrogen-bond acceptors (Lipinski definition) is 1. The fraction of sp³-hybridized carbons (Fsp3) is 0.750. The fourth-order valence-electron chi connectivity index (χ4n) is 0.268. The summed E-state index contributed by atoms with van der Waals surface area (Å²) >= 11 is 5.33. The zero-order valence-corrected chi connectivity index (χ0v) is 6.58. The molecule has 0 heterocycles. The Balaban J connectivity index is 0. The topological polar surface area (TPSA) is 64.4 Å². The van der Waals surface area contributed by atoms with Crippen LogP contribution < -0.4 is 11.5 Å². The molecule has 5 heteroatoms. The van der Waals surface area contributed by atoms with E-state index in [4.69, 9.17) is 23.1 Å². The molecule has 0 aliphatic heterocycles. The average molecular weight is 172 g/mol. The number of rotatable bonds is 3. The summed E-state index contributed by atoms with van der Waals surface area (Å²) in [6.45, 7) is 0.631. The first-order valence-corrected chi connectivity index (χ1v) is 2.92. The fourth-order valence-corrected chi connectivity index (χ4v) is 0.387. The monoisotopic (exact) mass is 171 g/mol. The summed E-state index contributed by atoms with van der Waals surface area (Å²) in [6.07, 6.45) is 0.833. The maximum Gasteiger partial charge on any atom is 0.185 e. The molecule has 0 unspecified atom stereocenters. The van der Waals surface area contributed by atoms with E-state index < -0.39 is 0 Å². The van der Waals surface area contributed by atoms with Crippen molar-refractivity contribution in [3.63, 3.8) is 0 Å². The molecule has 0 atom stereocenters. The van der Waals surface area contributed by atoms with Crippen molar-refractivity contribution in [3.05, 3.63) is 0 Å².